The number of hydrogen-bond donors (Lipinski definition) is 0. The summed E-state index contributed by atoms with van der Waals surface area (Å²) < 4.78 is 0. The average Bonchev–Trinajstić information content (AvgIpc) is 2.47. The highest BCUT2D eigenvalue weighted by Crippen LogP contribution is 2.29. The molecule has 0 saturated heterocycles. The van der Waals surface area contributed by atoms with Crippen LogP contribution in [-0.4, -0.2) is 5.78 Å². The largest absolute Gasteiger partial charge is 0.299 e. The van der Waals surface area contributed by atoms with E-state index >= 15 is 0 Å². The fourth-order valence-corrected chi connectivity index (χ4v) is 1.60. The summed E-state index contributed by atoms with van der Waals surface area (Å²) in [6, 6.07) is 8.02. The zero-order chi connectivity index (χ0) is 8.55. The third-order valence-corrected chi connectivity index (χ3v) is 2.24. The molecule has 0 radical (unpaired) electrons. The van der Waals surface area contributed by atoms with E-state index in [0.717, 1.165) is 5.56 Å². The Bertz CT molecular complexity index is 350. The van der Waals surface area contributed by atoms with Crippen molar-refractivity contribution in [3.63, 3.8) is 0 Å². The Morgan fingerprint density at radius 3 is 2.83 bits per heavy atom. The number of carbonyl (C=O) groups excluding carboxylic acids is 1. The molecule has 0 N–H and O–H groups in total. The quantitative estimate of drug-likeness (QED) is 0.613. The van der Waals surface area contributed by atoms with Crippen molar-refractivity contribution in [3.05, 3.63) is 41.5 Å². The van der Waals surface area contributed by atoms with Gasteiger partial charge in [0, 0.05) is 0 Å². The molecule has 12 heavy (non-hydrogen) atoms. The van der Waals surface area contributed by atoms with Gasteiger partial charge in [0.05, 0.1) is 5.92 Å². The molecule has 1 aliphatic carbocycles. The highest BCUT2D eigenvalue weighted by molar-refractivity contribution is 5.90. The fourth-order valence-electron chi connectivity index (χ4n) is 1.60. The van der Waals surface area contributed by atoms with Gasteiger partial charge < -0.3 is 0 Å². The van der Waals surface area contributed by atoms with Crippen LogP contribution < -0.4 is 0 Å². The maximum absolute atomic E-state index is 11.2. The molecule has 0 aliphatic heterocycles. The number of fused-ring (bicyclic) bond motifs is 1. The van der Waals surface area contributed by atoms with Gasteiger partial charge in [-0.1, -0.05) is 36.4 Å². The van der Waals surface area contributed by atoms with Crippen LogP contribution in [0.4, 0.5) is 0 Å². The van der Waals surface area contributed by atoms with Crippen LogP contribution in [0.15, 0.2) is 30.3 Å². The van der Waals surface area contributed by atoms with Crippen molar-refractivity contribution in [2.45, 2.75) is 12.8 Å². The first kappa shape index (κ1) is 7.29. The van der Waals surface area contributed by atoms with E-state index in [4.69, 9.17) is 0 Å². The first-order chi connectivity index (χ1) is 5.79. The Labute approximate surface area is 71.7 Å². The lowest BCUT2D eigenvalue weighted by Gasteiger charge is -2.05. The summed E-state index contributed by atoms with van der Waals surface area (Å²) >= 11 is 0. The Hall–Kier alpha value is -1.37. The molecule has 60 valence electrons. The van der Waals surface area contributed by atoms with Gasteiger partial charge in [0.1, 0.15) is 5.78 Å². The number of rotatable bonds is 1. The summed E-state index contributed by atoms with van der Waals surface area (Å²) in [5.41, 5.74) is 2.32. The third kappa shape index (κ3) is 0.981. The smallest absolute Gasteiger partial charge is 0.141 e. The van der Waals surface area contributed by atoms with Gasteiger partial charge in [-0.05, 0) is 18.1 Å². The first-order valence-corrected chi connectivity index (χ1v) is 4.06. The second-order valence-corrected chi connectivity index (χ2v) is 3.08. The van der Waals surface area contributed by atoms with Gasteiger partial charge in [-0.25, -0.2) is 0 Å². The van der Waals surface area contributed by atoms with E-state index in [9.17, 15) is 4.79 Å². The molecular formula is C11H10O. The van der Waals surface area contributed by atoms with Crippen LogP contribution in [0.2, 0.25) is 0 Å². The standard InChI is InChI=1S/C11H10O/c1-8(12)10-7-6-9-4-2-3-5-11(9)10/h2-7,10H,1H3. The minimum absolute atomic E-state index is 0.00111. The zero-order valence-electron chi connectivity index (χ0n) is 6.95. The molecule has 0 fully saturated rings. The Balaban J connectivity index is 2.49. The number of hydrogen-bond acceptors (Lipinski definition) is 1. The van der Waals surface area contributed by atoms with E-state index in [1.54, 1.807) is 6.92 Å². The van der Waals surface area contributed by atoms with E-state index in [-0.39, 0.29) is 11.7 Å². The van der Waals surface area contributed by atoms with Crippen molar-refractivity contribution in [1.29, 1.82) is 0 Å². The predicted octanol–water partition coefficient (Wildman–Crippen LogP) is 2.39. The SMILES string of the molecule is CC(=O)C1C=Cc2ccccc21. The summed E-state index contributed by atoms with van der Waals surface area (Å²) in [6.07, 6.45) is 3.98. The number of carbonyl (C=O) groups is 1. The van der Waals surface area contributed by atoms with Crippen molar-refractivity contribution in [3.8, 4) is 0 Å². The molecular weight excluding hydrogens is 148 g/mol. The Kier molecular flexibility index (Phi) is 1.58. The normalized spacial score (nSPS) is 19.2. The van der Waals surface area contributed by atoms with Crippen molar-refractivity contribution in [1.82, 2.24) is 0 Å². The summed E-state index contributed by atoms with van der Waals surface area (Å²) in [6.45, 7) is 1.64. The minimum Gasteiger partial charge on any atom is -0.299 e. The second-order valence-electron chi connectivity index (χ2n) is 3.08. The number of benzene rings is 1. The number of Topliss-reactive ketones (excluding diaryl/α,β-unsaturated/α-hetero) is 1. The van der Waals surface area contributed by atoms with Crippen LogP contribution in [-0.2, 0) is 4.79 Å². The van der Waals surface area contributed by atoms with E-state index in [0.29, 0.717) is 0 Å². The molecule has 0 spiro atoms. The van der Waals surface area contributed by atoms with E-state index in [1.165, 1.54) is 5.56 Å². The molecule has 1 unspecified atom stereocenters. The Morgan fingerprint density at radius 2 is 2.08 bits per heavy atom. The van der Waals surface area contributed by atoms with Crippen LogP contribution in [0.25, 0.3) is 6.08 Å². The van der Waals surface area contributed by atoms with E-state index in [1.807, 2.05) is 36.4 Å². The van der Waals surface area contributed by atoms with Gasteiger partial charge >= 0.3 is 0 Å². The average molecular weight is 158 g/mol. The number of ketones is 1. The van der Waals surface area contributed by atoms with Crippen LogP contribution in [0, 0.1) is 0 Å². The molecule has 0 saturated carbocycles. The molecule has 1 aromatic carbocycles. The molecule has 2 rings (SSSR count). The monoisotopic (exact) mass is 158 g/mol. The maximum Gasteiger partial charge on any atom is 0.141 e. The predicted molar refractivity (Wildman–Crippen MR) is 48.9 cm³/mol. The maximum atomic E-state index is 11.2. The summed E-state index contributed by atoms with van der Waals surface area (Å²) in [7, 11) is 0. The van der Waals surface area contributed by atoms with E-state index < -0.39 is 0 Å². The molecule has 0 heterocycles. The highest BCUT2D eigenvalue weighted by atomic mass is 16.1. The van der Waals surface area contributed by atoms with Crippen molar-refractivity contribution in [2.75, 3.05) is 0 Å². The zero-order valence-corrected chi connectivity index (χ0v) is 6.95. The van der Waals surface area contributed by atoms with Crippen LogP contribution in [0.5, 0.6) is 0 Å². The number of allylic oxidation sites excluding steroid dienone is 1. The van der Waals surface area contributed by atoms with Crippen LogP contribution in [0.1, 0.15) is 24.0 Å². The van der Waals surface area contributed by atoms with Gasteiger partial charge in [0.25, 0.3) is 0 Å². The van der Waals surface area contributed by atoms with E-state index in [2.05, 4.69) is 0 Å². The summed E-state index contributed by atoms with van der Waals surface area (Å²) in [4.78, 5) is 11.2. The summed E-state index contributed by atoms with van der Waals surface area (Å²) in [5, 5.41) is 0. The fraction of sp³-hybridized carbons (Fsp3) is 0.182. The first-order valence-electron chi connectivity index (χ1n) is 4.06. The molecule has 1 atom stereocenters. The molecule has 1 aliphatic rings. The molecule has 0 bridgehead atoms. The molecule has 1 aromatic rings. The molecule has 1 nitrogen and oxygen atoms in total. The molecule has 0 amide bonds. The topological polar surface area (TPSA) is 17.1 Å². The van der Waals surface area contributed by atoms with Gasteiger partial charge in [-0.15, -0.1) is 0 Å². The minimum atomic E-state index is 0.00111. The van der Waals surface area contributed by atoms with Crippen molar-refractivity contribution in [2.24, 2.45) is 0 Å². The highest BCUT2D eigenvalue weighted by Gasteiger charge is 2.19. The van der Waals surface area contributed by atoms with Gasteiger partial charge in [0.15, 0.2) is 0 Å². The second kappa shape index (κ2) is 2.59. The van der Waals surface area contributed by atoms with Gasteiger partial charge in [0.2, 0.25) is 0 Å². The van der Waals surface area contributed by atoms with Gasteiger partial charge in [-0.2, -0.15) is 0 Å². The lowest BCUT2D eigenvalue weighted by atomic mass is 9.98. The van der Waals surface area contributed by atoms with Crippen molar-refractivity contribution < 1.29 is 4.79 Å². The third-order valence-electron chi connectivity index (χ3n) is 2.24. The lowest BCUT2D eigenvalue weighted by molar-refractivity contribution is -0.117. The Morgan fingerprint density at radius 1 is 1.33 bits per heavy atom. The summed E-state index contributed by atoms with van der Waals surface area (Å²) in [5.74, 6) is 0.220. The van der Waals surface area contributed by atoms with Crippen LogP contribution >= 0.6 is 0 Å². The lowest BCUT2D eigenvalue weighted by Crippen LogP contribution is -2.03. The van der Waals surface area contributed by atoms with Crippen molar-refractivity contribution >= 4 is 11.9 Å². The van der Waals surface area contributed by atoms with Crippen LogP contribution in [0.3, 0.4) is 0 Å². The molecule has 1 heteroatoms. The molecule has 0 aromatic heterocycles. The van der Waals surface area contributed by atoms with Gasteiger partial charge in [-0.3, -0.25) is 4.79 Å².